The van der Waals surface area contributed by atoms with Crippen LogP contribution in [0.25, 0.3) is 0 Å². The minimum atomic E-state index is -0.257. The van der Waals surface area contributed by atoms with Gasteiger partial charge in [0.2, 0.25) is 0 Å². The highest BCUT2D eigenvalue weighted by atomic mass is 19.1. The maximum atomic E-state index is 13.5. The SMILES string of the molecule is CC1CCC(C)N(c2ncc(F)cc2CNC(C)C)C1. The molecular weight excluding hydrogens is 253 g/mol. The van der Waals surface area contributed by atoms with Crippen molar-refractivity contribution in [3.05, 3.63) is 23.6 Å². The largest absolute Gasteiger partial charge is 0.353 e. The number of aromatic nitrogens is 1. The molecule has 0 radical (unpaired) electrons. The Balaban J connectivity index is 2.24. The van der Waals surface area contributed by atoms with Crippen LogP contribution in [0.1, 0.15) is 46.1 Å². The van der Waals surface area contributed by atoms with Gasteiger partial charge in [0.05, 0.1) is 6.20 Å². The second-order valence-electron chi connectivity index (χ2n) is 6.36. The monoisotopic (exact) mass is 279 g/mol. The highest BCUT2D eigenvalue weighted by Crippen LogP contribution is 2.28. The summed E-state index contributed by atoms with van der Waals surface area (Å²) in [7, 11) is 0. The number of nitrogens with one attached hydrogen (secondary N) is 1. The molecule has 2 unspecified atom stereocenters. The van der Waals surface area contributed by atoms with E-state index >= 15 is 0 Å². The molecule has 1 fully saturated rings. The van der Waals surface area contributed by atoms with Gasteiger partial charge in [-0.2, -0.15) is 0 Å². The van der Waals surface area contributed by atoms with Gasteiger partial charge in [-0.15, -0.1) is 0 Å². The lowest BCUT2D eigenvalue weighted by atomic mass is 9.94. The lowest BCUT2D eigenvalue weighted by Crippen LogP contribution is -2.42. The molecule has 20 heavy (non-hydrogen) atoms. The molecular formula is C16H26FN3. The van der Waals surface area contributed by atoms with Crippen molar-refractivity contribution in [3.8, 4) is 0 Å². The highest BCUT2D eigenvalue weighted by Gasteiger charge is 2.25. The minimum Gasteiger partial charge on any atom is -0.353 e. The summed E-state index contributed by atoms with van der Waals surface area (Å²) in [6.07, 6.45) is 3.77. The fraction of sp³-hybridized carbons (Fsp3) is 0.688. The van der Waals surface area contributed by atoms with E-state index in [4.69, 9.17) is 0 Å². The van der Waals surface area contributed by atoms with Crippen LogP contribution in [0.3, 0.4) is 0 Å². The Kier molecular flexibility index (Phi) is 4.97. The first kappa shape index (κ1) is 15.2. The number of hydrogen-bond acceptors (Lipinski definition) is 3. The first-order valence-corrected chi connectivity index (χ1v) is 7.61. The molecule has 1 aliphatic rings. The Labute approximate surface area is 121 Å². The van der Waals surface area contributed by atoms with Gasteiger partial charge in [0.15, 0.2) is 0 Å². The molecule has 0 saturated carbocycles. The summed E-state index contributed by atoms with van der Waals surface area (Å²) in [6, 6.07) is 2.47. The summed E-state index contributed by atoms with van der Waals surface area (Å²) >= 11 is 0. The third kappa shape index (κ3) is 3.69. The molecule has 2 rings (SSSR count). The van der Waals surface area contributed by atoms with Crippen LogP contribution in [0.5, 0.6) is 0 Å². The van der Waals surface area contributed by atoms with Gasteiger partial charge in [0.25, 0.3) is 0 Å². The van der Waals surface area contributed by atoms with Crippen LogP contribution >= 0.6 is 0 Å². The number of halogens is 1. The van der Waals surface area contributed by atoms with Gasteiger partial charge >= 0.3 is 0 Å². The maximum Gasteiger partial charge on any atom is 0.141 e. The predicted molar refractivity (Wildman–Crippen MR) is 81.4 cm³/mol. The van der Waals surface area contributed by atoms with Crippen molar-refractivity contribution in [1.29, 1.82) is 0 Å². The Morgan fingerprint density at radius 2 is 2.15 bits per heavy atom. The summed E-state index contributed by atoms with van der Waals surface area (Å²) in [5.74, 6) is 1.36. The molecule has 3 nitrogen and oxygen atoms in total. The Morgan fingerprint density at radius 1 is 1.40 bits per heavy atom. The van der Waals surface area contributed by atoms with Gasteiger partial charge in [-0.3, -0.25) is 0 Å². The lowest BCUT2D eigenvalue weighted by Gasteiger charge is -2.38. The van der Waals surface area contributed by atoms with Crippen molar-refractivity contribution in [2.24, 2.45) is 5.92 Å². The highest BCUT2D eigenvalue weighted by molar-refractivity contribution is 5.48. The molecule has 2 heterocycles. The molecule has 0 spiro atoms. The normalized spacial score (nSPS) is 23.4. The van der Waals surface area contributed by atoms with E-state index in [1.807, 2.05) is 0 Å². The molecule has 1 aromatic rings. The fourth-order valence-corrected chi connectivity index (χ4v) is 2.76. The molecule has 112 valence electrons. The summed E-state index contributed by atoms with van der Waals surface area (Å²) < 4.78 is 13.5. The van der Waals surface area contributed by atoms with Crippen LogP contribution in [0.15, 0.2) is 12.3 Å². The lowest BCUT2D eigenvalue weighted by molar-refractivity contribution is 0.386. The van der Waals surface area contributed by atoms with Crippen LogP contribution < -0.4 is 10.2 Å². The van der Waals surface area contributed by atoms with E-state index in [1.54, 1.807) is 6.07 Å². The van der Waals surface area contributed by atoms with Crippen molar-refractivity contribution in [3.63, 3.8) is 0 Å². The summed E-state index contributed by atoms with van der Waals surface area (Å²) in [5, 5.41) is 3.36. The topological polar surface area (TPSA) is 28.2 Å². The summed E-state index contributed by atoms with van der Waals surface area (Å²) in [5.41, 5.74) is 0.958. The van der Waals surface area contributed by atoms with Gasteiger partial charge < -0.3 is 10.2 Å². The molecule has 1 aromatic heterocycles. The maximum absolute atomic E-state index is 13.5. The molecule has 1 saturated heterocycles. The van der Waals surface area contributed by atoms with Crippen LogP contribution in [-0.2, 0) is 6.54 Å². The quantitative estimate of drug-likeness (QED) is 0.916. The Morgan fingerprint density at radius 3 is 2.85 bits per heavy atom. The van der Waals surface area contributed by atoms with E-state index in [-0.39, 0.29) is 5.82 Å². The molecule has 4 heteroatoms. The average molecular weight is 279 g/mol. The zero-order valence-electron chi connectivity index (χ0n) is 13.0. The molecule has 2 atom stereocenters. The van der Waals surface area contributed by atoms with E-state index in [0.29, 0.717) is 24.5 Å². The standard InChI is InChI=1S/C16H26FN3/c1-11(2)18-8-14-7-15(17)9-19-16(14)20-10-12(3)5-6-13(20)4/h7,9,11-13,18H,5-6,8,10H2,1-4H3. The van der Waals surface area contributed by atoms with Gasteiger partial charge in [0, 0.05) is 30.7 Å². The van der Waals surface area contributed by atoms with E-state index in [1.165, 1.54) is 19.0 Å². The van der Waals surface area contributed by atoms with Crippen LogP contribution in [0, 0.1) is 11.7 Å². The fourth-order valence-electron chi connectivity index (χ4n) is 2.76. The number of piperidine rings is 1. The molecule has 0 aromatic carbocycles. The van der Waals surface area contributed by atoms with Gasteiger partial charge in [0.1, 0.15) is 11.6 Å². The smallest absolute Gasteiger partial charge is 0.141 e. The second kappa shape index (κ2) is 6.53. The van der Waals surface area contributed by atoms with Crippen molar-refractivity contribution < 1.29 is 4.39 Å². The van der Waals surface area contributed by atoms with Crippen molar-refractivity contribution >= 4 is 5.82 Å². The van der Waals surface area contributed by atoms with Gasteiger partial charge in [-0.25, -0.2) is 9.37 Å². The third-order valence-electron chi connectivity index (χ3n) is 4.00. The third-order valence-corrected chi connectivity index (χ3v) is 4.00. The average Bonchev–Trinajstić information content (AvgIpc) is 2.39. The molecule has 0 aliphatic carbocycles. The van der Waals surface area contributed by atoms with E-state index in [2.05, 4.69) is 42.9 Å². The van der Waals surface area contributed by atoms with E-state index < -0.39 is 0 Å². The zero-order valence-corrected chi connectivity index (χ0v) is 13.0. The van der Waals surface area contributed by atoms with Crippen LogP contribution in [0.2, 0.25) is 0 Å². The summed E-state index contributed by atoms with van der Waals surface area (Å²) in [6.45, 7) is 10.4. The number of nitrogens with zero attached hydrogens (tertiary/aromatic N) is 2. The van der Waals surface area contributed by atoms with Gasteiger partial charge in [-0.1, -0.05) is 20.8 Å². The molecule has 0 bridgehead atoms. The molecule has 0 amide bonds. The zero-order chi connectivity index (χ0) is 14.7. The first-order chi connectivity index (χ1) is 9.47. The second-order valence-corrected chi connectivity index (χ2v) is 6.36. The van der Waals surface area contributed by atoms with E-state index in [9.17, 15) is 4.39 Å². The number of anilines is 1. The predicted octanol–water partition coefficient (Wildman–Crippen LogP) is 3.34. The van der Waals surface area contributed by atoms with Crippen molar-refractivity contribution in [2.75, 3.05) is 11.4 Å². The molecule has 1 N–H and O–H groups in total. The minimum absolute atomic E-state index is 0.257. The van der Waals surface area contributed by atoms with Crippen molar-refractivity contribution in [1.82, 2.24) is 10.3 Å². The van der Waals surface area contributed by atoms with Gasteiger partial charge in [-0.05, 0) is 31.7 Å². The Hall–Kier alpha value is -1.16. The first-order valence-electron chi connectivity index (χ1n) is 7.61. The number of hydrogen-bond donors (Lipinski definition) is 1. The number of rotatable bonds is 4. The van der Waals surface area contributed by atoms with Crippen LogP contribution in [-0.4, -0.2) is 23.6 Å². The Bertz CT molecular complexity index is 447. The van der Waals surface area contributed by atoms with Crippen molar-refractivity contribution in [2.45, 2.75) is 59.2 Å². The van der Waals surface area contributed by atoms with Crippen LogP contribution in [0.4, 0.5) is 10.2 Å². The number of pyridine rings is 1. The molecule has 1 aliphatic heterocycles. The summed E-state index contributed by atoms with van der Waals surface area (Å²) in [4.78, 5) is 6.71. The van der Waals surface area contributed by atoms with E-state index in [0.717, 1.165) is 17.9 Å².